The molecule has 0 saturated heterocycles. The summed E-state index contributed by atoms with van der Waals surface area (Å²) in [4.78, 5) is 0.193. The fraction of sp³-hybridized carbons (Fsp3) is 0.600. The van der Waals surface area contributed by atoms with Crippen molar-refractivity contribution in [2.24, 2.45) is 5.41 Å². The van der Waals surface area contributed by atoms with E-state index in [2.05, 4.69) is 18.6 Å². The van der Waals surface area contributed by atoms with Crippen LogP contribution in [0.15, 0.2) is 23.1 Å². The number of benzene rings is 1. The topological polar surface area (TPSA) is 81.4 Å². The van der Waals surface area contributed by atoms with Crippen LogP contribution in [-0.4, -0.2) is 21.6 Å². The summed E-state index contributed by atoms with van der Waals surface area (Å²) >= 11 is 0. The molecule has 1 fully saturated rings. The summed E-state index contributed by atoms with van der Waals surface area (Å²) in [6.45, 7) is 4.45. The van der Waals surface area contributed by atoms with Crippen molar-refractivity contribution in [3.05, 3.63) is 18.2 Å². The molecule has 1 aromatic rings. The Balaban J connectivity index is 2.12. The van der Waals surface area contributed by atoms with Crippen molar-refractivity contribution in [1.82, 2.24) is 4.72 Å². The summed E-state index contributed by atoms with van der Waals surface area (Å²) in [6.07, 6.45) is 3.81. The van der Waals surface area contributed by atoms with Crippen LogP contribution in [0.1, 0.15) is 39.5 Å². The van der Waals surface area contributed by atoms with Crippen LogP contribution >= 0.6 is 0 Å². The number of sulfonamides is 1. The van der Waals surface area contributed by atoms with E-state index in [9.17, 15) is 8.42 Å². The van der Waals surface area contributed by atoms with Crippen molar-refractivity contribution in [2.75, 3.05) is 12.8 Å². The van der Waals surface area contributed by atoms with Crippen LogP contribution in [0.4, 0.5) is 5.69 Å². The van der Waals surface area contributed by atoms with E-state index in [1.807, 2.05) is 0 Å². The smallest absolute Gasteiger partial charge is 0.240 e. The van der Waals surface area contributed by atoms with Crippen LogP contribution in [0, 0.1) is 5.41 Å². The van der Waals surface area contributed by atoms with Crippen LogP contribution < -0.4 is 15.2 Å². The van der Waals surface area contributed by atoms with E-state index < -0.39 is 10.0 Å². The van der Waals surface area contributed by atoms with Crippen molar-refractivity contribution in [3.63, 3.8) is 0 Å². The van der Waals surface area contributed by atoms with E-state index in [4.69, 9.17) is 10.5 Å². The number of nitrogen functional groups attached to an aromatic ring is 1. The Bertz CT molecular complexity index is 601. The maximum Gasteiger partial charge on any atom is 0.240 e. The summed E-state index contributed by atoms with van der Waals surface area (Å²) in [5.74, 6) is 0.377. The summed E-state index contributed by atoms with van der Waals surface area (Å²) in [5, 5.41) is 0. The molecule has 118 valence electrons. The number of nitrogens with one attached hydrogen (secondary N) is 1. The fourth-order valence-electron chi connectivity index (χ4n) is 2.66. The van der Waals surface area contributed by atoms with Gasteiger partial charge in [0.15, 0.2) is 0 Å². The number of nitrogens with two attached hydrogens (primary N) is 1. The molecule has 1 aliphatic rings. The van der Waals surface area contributed by atoms with Crippen LogP contribution in [0.25, 0.3) is 0 Å². The van der Waals surface area contributed by atoms with Crippen LogP contribution in [0.3, 0.4) is 0 Å². The Hall–Kier alpha value is -1.27. The minimum atomic E-state index is -3.53. The molecule has 0 radical (unpaired) electrons. The highest BCUT2D eigenvalue weighted by Crippen LogP contribution is 2.35. The lowest BCUT2D eigenvalue weighted by Gasteiger charge is -2.34. The molecular formula is C15H24N2O3S. The Kier molecular flexibility index (Phi) is 4.49. The average Bonchev–Trinajstić information content (AvgIpc) is 2.41. The number of hydrogen-bond acceptors (Lipinski definition) is 4. The maximum atomic E-state index is 12.4. The summed E-state index contributed by atoms with van der Waals surface area (Å²) in [5.41, 5.74) is 6.46. The SMILES string of the molecule is COc1cc(S(=O)(=O)NC2CCC(C)(C)CC2)ccc1N. The zero-order chi connectivity index (χ0) is 15.7. The first kappa shape index (κ1) is 16.1. The number of methoxy groups -OCH3 is 1. The highest BCUT2D eigenvalue weighted by Gasteiger charge is 2.29. The quantitative estimate of drug-likeness (QED) is 0.837. The zero-order valence-electron chi connectivity index (χ0n) is 12.8. The third kappa shape index (κ3) is 3.89. The summed E-state index contributed by atoms with van der Waals surface area (Å²) < 4.78 is 32.7. The van der Waals surface area contributed by atoms with Gasteiger partial charge in [0.2, 0.25) is 10.0 Å². The lowest BCUT2D eigenvalue weighted by atomic mass is 9.76. The minimum Gasteiger partial charge on any atom is -0.495 e. The van der Waals surface area contributed by atoms with Gasteiger partial charge in [0.05, 0.1) is 17.7 Å². The van der Waals surface area contributed by atoms with Gasteiger partial charge in [-0.2, -0.15) is 0 Å². The Morgan fingerprint density at radius 2 is 1.90 bits per heavy atom. The van der Waals surface area contributed by atoms with Crippen molar-refractivity contribution >= 4 is 15.7 Å². The normalized spacial score (nSPS) is 19.4. The first-order valence-electron chi connectivity index (χ1n) is 7.19. The van der Waals surface area contributed by atoms with Gasteiger partial charge in [-0.3, -0.25) is 0 Å². The van der Waals surface area contributed by atoms with Crippen molar-refractivity contribution < 1.29 is 13.2 Å². The van der Waals surface area contributed by atoms with Crippen molar-refractivity contribution in [2.45, 2.75) is 50.5 Å². The van der Waals surface area contributed by atoms with E-state index in [-0.39, 0.29) is 10.9 Å². The zero-order valence-corrected chi connectivity index (χ0v) is 13.7. The second-order valence-electron chi connectivity index (χ2n) is 6.46. The average molecular weight is 312 g/mol. The number of hydrogen-bond donors (Lipinski definition) is 2. The highest BCUT2D eigenvalue weighted by atomic mass is 32.2. The summed E-state index contributed by atoms with van der Waals surface area (Å²) in [6, 6.07) is 4.53. The van der Waals surface area contributed by atoms with Gasteiger partial charge in [-0.25, -0.2) is 13.1 Å². The molecule has 0 heterocycles. The summed E-state index contributed by atoms with van der Waals surface area (Å²) in [7, 11) is -2.06. The van der Waals surface area contributed by atoms with Gasteiger partial charge in [0.1, 0.15) is 5.75 Å². The third-order valence-corrected chi connectivity index (χ3v) is 5.69. The second-order valence-corrected chi connectivity index (χ2v) is 8.18. The van der Waals surface area contributed by atoms with Crippen LogP contribution in [0.5, 0.6) is 5.75 Å². The van der Waals surface area contributed by atoms with Crippen LogP contribution in [-0.2, 0) is 10.0 Å². The molecular weight excluding hydrogens is 288 g/mol. The Labute approximate surface area is 126 Å². The predicted molar refractivity (Wildman–Crippen MR) is 83.8 cm³/mol. The molecule has 1 aromatic carbocycles. The van der Waals surface area contributed by atoms with Gasteiger partial charge < -0.3 is 10.5 Å². The lowest BCUT2D eigenvalue weighted by molar-refractivity contribution is 0.218. The van der Waals surface area contributed by atoms with E-state index in [0.717, 1.165) is 25.7 Å². The Morgan fingerprint density at radius 3 is 2.48 bits per heavy atom. The molecule has 1 saturated carbocycles. The molecule has 6 heteroatoms. The third-order valence-electron chi connectivity index (χ3n) is 4.18. The fourth-order valence-corrected chi connectivity index (χ4v) is 3.98. The molecule has 21 heavy (non-hydrogen) atoms. The molecule has 0 aromatic heterocycles. The van der Waals surface area contributed by atoms with E-state index >= 15 is 0 Å². The second kappa shape index (κ2) is 5.85. The Morgan fingerprint density at radius 1 is 1.29 bits per heavy atom. The standard InChI is InChI=1S/C15H24N2O3S/c1-15(2)8-6-11(7-9-15)17-21(18,19)12-4-5-13(16)14(10-12)20-3/h4-5,10-11,17H,6-9,16H2,1-3H3. The number of anilines is 1. The molecule has 5 nitrogen and oxygen atoms in total. The van der Waals surface area contributed by atoms with Crippen molar-refractivity contribution in [1.29, 1.82) is 0 Å². The van der Waals surface area contributed by atoms with Gasteiger partial charge in [0.25, 0.3) is 0 Å². The van der Waals surface area contributed by atoms with Gasteiger partial charge in [-0.1, -0.05) is 13.8 Å². The number of rotatable bonds is 4. The molecule has 0 aliphatic heterocycles. The van der Waals surface area contributed by atoms with Gasteiger partial charge in [-0.05, 0) is 43.2 Å². The molecule has 1 aliphatic carbocycles. The molecule has 2 rings (SSSR count). The van der Waals surface area contributed by atoms with E-state index in [0.29, 0.717) is 16.9 Å². The molecule has 0 atom stereocenters. The molecule has 3 N–H and O–H groups in total. The van der Waals surface area contributed by atoms with Crippen LogP contribution in [0.2, 0.25) is 0 Å². The van der Waals surface area contributed by atoms with Crippen molar-refractivity contribution in [3.8, 4) is 5.75 Å². The van der Waals surface area contributed by atoms with Gasteiger partial charge in [-0.15, -0.1) is 0 Å². The van der Waals surface area contributed by atoms with E-state index in [1.54, 1.807) is 6.07 Å². The highest BCUT2D eigenvalue weighted by molar-refractivity contribution is 7.89. The first-order valence-corrected chi connectivity index (χ1v) is 8.68. The van der Waals surface area contributed by atoms with E-state index in [1.165, 1.54) is 19.2 Å². The number of ether oxygens (including phenoxy) is 1. The molecule has 0 unspecified atom stereocenters. The molecule has 0 amide bonds. The minimum absolute atomic E-state index is 0.00609. The van der Waals surface area contributed by atoms with Gasteiger partial charge in [0, 0.05) is 12.1 Å². The molecule has 0 spiro atoms. The molecule has 0 bridgehead atoms. The largest absolute Gasteiger partial charge is 0.495 e. The van der Waals surface area contributed by atoms with Gasteiger partial charge >= 0.3 is 0 Å². The predicted octanol–water partition coefficient (Wildman–Crippen LogP) is 2.52. The lowest BCUT2D eigenvalue weighted by Crippen LogP contribution is -2.39. The maximum absolute atomic E-state index is 12.4. The monoisotopic (exact) mass is 312 g/mol. The first-order chi connectivity index (χ1) is 9.73.